The number of likely N-dealkylation sites (N-methyl/N-ethyl adjacent to an activating group) is 1. The lowest BCUT2D eigenvalue weighted by molar-refractivity contribution is -0.00986. The van der Waals surface area contributed by atoms with Crippen molar-refractivity contribution in [1.29, 1.82) is 0 Å². The Morgan fingerprint density at radius 2 is 2.24 bits per heavy atom. The molecule has 0 aromatic heterocycles. The molecule has 1 fully saturated rings. The Balaban J connectivity index is 2.09. The van der Waals surface area contributed by atoms with Gasteiger partial charge in [-0.25, -0.2) is 0 Å². The second kappa shape index (κ2) is 7.78. The van der Waals surface area contributed by atoms with Gasteiger partial charge in [0.25, 0.3) is 0 Å². The van der Waals surface area contributed by atoms with E-state index in [2.05, 4.69) is 31.0 Å². The zero-order valence-electron chi connectivity index (χ0n) is 13.4. The van der Waals surface area contributed by atoms with Crippen molar-refractivity contribution in [2.45, 2.75) is 44.4 Å². The van der Waals surface area contributed by atoms with Gasteiger partial charge in [0.05, 0.1) is 13.2 Å². The minimum Gasteiger partial charge on any atom is -0.497 e. The topological polar surface area (TPSA) is 47.7 Å². The quantitative estimate of drug-likeness (QED) is 0.875. The maximum Gasteiger partial charge on any atom is 0.119 e. The molecule has 0 saturated carbocycles. The highest BCUT2D eigenvalue weighted by atomic mass is 16.5. The zero-order valence-corrected chi connectivity index (χ0v) is 13.4. The average Bonchev–Trinajstić information content (AvgIpc) is 2.48. The molecule has 1 aromatic carbocycles. The van der Waals surface area contributed by atoms with Crippen LogP contribution in [0, 0.1) is 0 Å². The molecule has 2 N–H and O–H groups in total. The molecule has 1 saturated heterocycles. The van der Waals surface area contributed by atoms with Crippen LogP contribution in [0.3, 0.4) is 0 Å². The summed E-state index contributed by atoms with van der Waals surface area (Å²) in [7, 11) is 3.82. The molecule has 4 heteroatoms. The van der Waals surface area contributed by atoms with E-state index in [1.807, 2.05) is 12.1 Å². The third-order valence-electron chi connectivity index (χ3n) is 4.17. The van der Waals surface area contributed by atoms with Gasteiger partial charge in [-0.1, -0.05) is 12.1 Å². The molecule has 1 heterocycles. The summed E-state index contributed by atoms with van der Waals surface area (Å²) in [6, 6.07) is 8.40. The molecule has 0 radical (unpaired) electrons. The van der Waals surface area contributed by atoms with Crippen LogP contribution in [-0.4, -0.2) is 44.4 Å². The van der Waals surface area contributed by atoms with Crippen molar-refractivity contribution in [2.24, 2.45) is 5.73 Å². The average molecular weight is 292 g/mol. The lowest BCUT2D eigenvalue weighted by Crippen LogP contribution is -2.42. The van der Waals surface area contributed by atoms with Gasteiger partial charge in [0, 0.05) is 25.2 Å². The molecule has 4 nitrogen and oxygen atoms in total. The summed E-state index contributed by atoms with van der Waals surface area (Å²) in [5.41, 5.74) is 7.44. The van der Waals surface area contributed by atoms with E-state index in [4.69, 9.17) is 15.2 Å². The SMILES string of the molecule is COc1cccc(C(C(C)N)N(C)CC2CCCCO2)c1. The lowest BCUT2D eigenvalue weighted by atomic mass is 9.98. The van der Waals surface area contributed by atoms with E-state index in [0.29, 0.717) is 6.10 Å². The predicted molar refractivity (Wildman–Crippen MR) is 85.6 cm³/mol. The van der Waals surface area contributed by atoms with Crippen LogP contribution in [0.4, 0.5) is 0 Å². The Morgan fingerprint density at radius 1 is 1.43 bits per heavy atom. The summed E-state index contributed by atoms with van der Waals surface area (Å²) in [5.74, 6) is 0.875. The van der Waals surface area contributed by atoms with Gasteiger partial charge in [0.1, 0.15) is 5.75 Å². The van der Waals surface area contributed by atoms with E-state index < -0.39 is 0 Å². The van der Waals surface area contributed by atoms with Crippen molar-refractivity contribution in [3.63, 3.8) is 0 Å². The Hall–Kier alpha value is -1.10. The number of methoxy groups -OCH3 is 1. The van der Waals surface area contributed by atoms with Crippen LogP contribution in [0.5, 0.6) is 5.75 Å². The van der Waals surface area contributed by atoms with Gasteiger partial charge in [-0.15, -0.1) is 0 Å². The number of nitrogens with two attached hydrogens (primary N) is 1. The summed E-state index contributed by atoms with van der Waals surface area (Å²) < 4.78 is 11.2. The van der Waals surface area contributed by atoms with Crippen LogP contribution < -0.4 is 10.5 Å². The molecule has 0 bridgehead atoms. The van der Waals surface area contributed by atoms with Gasteiger partial charge < -0.3 is 15.2 Å². The number of benzene rings is 1. The Morgan fingerprint density at radius 3 is 2.86 bits per heavy atom. The molecule has 21 heavy (non-hydrogen) atoms. The maximum absolute atomic E-state index is 6.24. The van der Waals surface area contributed by atoms with Gasteiger partial charge in [-0.3, -0.25) is 4.90 Å². The molecule has 0 aliphatic carbocycles. The molecule has 1 aliphatic heterocycles. The predicted octanol–water partition coefficient (Wildman–Crippen LogP) is 2.58. The fraction of sp³-hybridized carbons (Fsp3) is 0.647. The van der Waals surface area contributed by atoms with E-state index in [-0.39, 0.29) is 12.1 Å². The fourth-order valence-corrected chi connectivity index (χ4v) is 3.17. The first kappa shape index (κ1) is 16.3. The summed E-state index contributed by atoms with van der Waals surface area (Å²) >= 11 is 0. The molecule has 1 aliphatic rings. The van der Waals surface area contributed by atoms with E-state index in [0.717, 1.165) is 25.3 Å². The molecular formula is C17H28N2O2. The summed E-state index contributed by atoms with van der Waals surface area (Å²) in [6.07, 6.45) is 3.93. The van der Waals surface area contributed by atoms with Gasteiger partial charge in [-0.2, -0.15) is 0 Å². The largest absolute Gasteiger partial charge is 0.497 e. The van der Waals surface area contributed by atoms with Gasteiger partial charge in [0.2, 0.25) is 0 Å². The van der Waals surface area contributed by atoms with Gasteiger partial charge in [-0.05, 0) is 50.9 Å². The first-order valence-electron chi connectivity index (χ1n) is 7.83. The van der Waals surface area contributed by atoms with Crippen LogP contribution in [-0.2, 0) is 4.74 Å². The molecule has 3 unspecified atom stereocenters. The molecular weight excluding hydrogens is 264 g/mol. The summed E-state index contributed by atoms with van der Waals surface area (Å²) in [5, 5.41) is 0. The molecule has 118 valence electrons. The molecule has 2 rings (SSSR count). The Labute approximate surface area is 128 Å². The van der Waals surface area contributed by atoms with Crippen LogP contribution in [0.2, 0.25) is 0 Å². The Kier molecular flexibility index (Phi) is 6.03. The first-order chi connectivity index (χ1) is 10.1. The monoisotopic (exact) mass is 292 g/mol. The van der Waals surface area contributed by atoms with E-state index >= 15 is 0 Å². The van der Waals surface area contributed by atoms with E-state index in [1.54, 1.807) is 7.11 Å². The number of ether oxygens (including phenoxy) is 2. The van der Waals surface area contributed by atoms with E-state index in [9.17, 15) is 0 Å². The van der Waals surface area contributed by atoms with Crippen LogP contribution in [0.1, 0.15) is 37.8 Å². The number of hydrogen-bond donors (Lipinski definition) is 1. The lowest BCUT2D eigenvalue weighted by Gasteiger charge is -2.35. The molecule has 0 spiro atoms. The van der Waals surface area contributed by atoms with Crippen molar-refractivity contribution in [3.05, 3.63) is 29.8 Å². The molecule has 1 aromatic rings. The smallest absolute Gasteiger partial charge is 0.119 e. The number of rotatable bonds is 6. The highest BCUT2D eigenvalue weighted by Crippen LogP contribution is 2.27. The van der Waals surface area contributed by atoms with Crippen molar-refractivity contribution in [1.82, 2.24) is 4.90 Å². The standard InChI is InChI=1S/C17H28N2O2/c1-13(18)17(14-7-6-9-15(11-14)20-3)19(2)12-16-8-4-5-10-21-16/h6-7,9,11,13,16-17H,4-5,8,10,12,18H2,1-3H3. The van der Waals surface area contributed by atoms with Crippen molar-refractivity contribution >= 4 is 0 Å². The van der Waals surface area contributed by atoms with Crippen LogP contribution in [0.15, 0.2) is 24.3 Å². The van der Waals surface area contributed by atoms with Gasteiger partial charge >= 0.3 is 0 Å². The number of hydrogen-bond acceptors (Lipinski definition) is 4. The summed E-state index contributed by atoms with van der Waals surface area (Å²) in [6.45, 7) is 3.87. The highest BCUT2D eigenvalue weighted by Gasteiger charge is 2.25. The molecule has 3 atom stereocenters. The minimum absolute atomic E-state index is 0.0469. The fourth-order valence-electron chi connectivity index (χ4n) is 3.17. The van der Waals surface area contributed by atoms with E-state index in [1.165, 1.54) is 18.4 Å². The van der Waals surface area contributed by atoms with Gasteiger partial charge in [0.15, 0.2) is 0 Å². The second-order valence-corrected chi connectivity index (χ2v) is 6.01. The van der Waals surface area contributed by atoms with Crippen molar-refractivity contribution in [2.75, 3.05) is 27.3 Å². The second-order valence-electron chi connectivity index (χ2n) is 6.01. The van der Waals surface area contributed by atoms with Crippen LogP contribution >= 0.6 is 0 Å². The van der Waals surface area contributed by atoms with Crippen molar-refractivity contribution in [3.8, 4) is 5.75 Å². The summed E-state index contributed by atoms with van der Waals surface area (Å²) in [4.78, 5) is 2.31. The first-order valence-corrected chi connectivity index (χ1v) is 7.83. The number of nitrogens with zero attached hydrogens (tertiary/aromatic N) is 1. The normalized spacial score (nSPS) is 22.0. The highest BCUT2D eigenvalue weighted by molar-refractivity contribution is 5.31. The third kappa shape index (κ3) is 4.43. The zero-order chi connectivity index (χ0) is 15.2. The Bertz CT molecular complexity index is 431. The maximum atomic E-state index is 6.24. The van der Waals surface area contributed by atoms with Crippen LogP contribution in [0.25, 0.3) is 0 Å². The third-order valence-corrected chi connectivity index (χ3v) is 4.17. The van der Waals surface area contributed by atoms with Crippen molar-refractivity contribution < 1.29 is 9.47 Å². The minimum atomic E-state index is 0.0469. The molecule has 0 amide bonds.